The van der Waals surface area contributed by atoms with E-state index < -0.39 is 0 Å². The molecule has 0 spiro atoms. The molecule has 0 fully saturated rings. The molecular weight excluding hydrogens is 166 g/mol. The summed E-state index contributed by atoms with van der Waals surface area (Å²) in [7, 11) is 0. The average molecular weight is 187 g/mol. The third-order valence-corrected chi connectivity index (χ3v) is 1.82. The van der Waals surface area contributed by atoms with Gasteiger partial charge >= 0.3 is 0 Å². The lowest BCUT2D eigenvalue weighted by Crippen LogP contribution is -2.39. The molecule has 0 aliphatic heterocycles. The smallest absolute Gasteiger partial charge is 0.234 e. The summed E-state index contributed by atoms with van der Waals surface area (Å²) in [4.78, 5) is 13.4. The number of carbonyl (C=O) groups is 1. The van der Waals surface area contributed by atoms with Gasteiger partial charge < -0.3 is 11.1 Å². The first kappa shape index (κ1) is 12.4. The van der Waals surface area contributed by atoms with E-state index in [4.69, 9.17) is 5.73 Å². The average Bonchev–Trinajstić information content (AvgIpc) is 2.14. The van der Waals surface area contributed by atoms with E-state index in [1.54, 1.807) is 0 Å². The number of nitrogens with one attached hydrogen (secondary N) is 1. The van der Waals surface area contributed by atoms with Gasteiger partial charge in [0.15, 0.2) is 0 Å². The second-order valence-electron chi connectivity index (χ2n) is 3.01. The monoisotopic (exact) mass is 187 g/mol. The summed E-state index contributed by atoms with van der Waals surface area (Å²) in [6.07, 6.45) is 1.08. The lowest BCUT2D eigenvalue weighted by molar-refractivity contribution is -0.122. The van der Waals surface area contributed by atoms with E-state index in [2.05, 4.69) is 24.1 Å². The van der Waals surface area contributed by atoms with Crippen molar-refractivity contribution in [1.82, 2.24) is 10.2 Å². The second-order valence-corrected chi connectivity index (χ2v) is 3.01. The van der Waals surface area contributed by atoms with Crippen molar-refractivity contribution in [3.63, 3.8) is 0 Å². The number of nitrogens with zero attached hydrogens (tertiary/aromatic N) is 1. The van der Waals surface area contributed by atoms with E-state index in [9.17, 15) is 4.79 Å². The van der Waals surface area contributed by atoms with Crippen molar-refractivity contribution in [3.05, 3.63) is 0 Å². The van der Waals surface area contributed by atoms with Crippen LogP contribution in [0.1, 0.15) is 20.3 Å². The van der Waals surface area contributed by atoms with E-state index in [1.807, 2.05) is 0 Å². The quantitative estimate of drug-likeness (QED) is 0.580. The third-order valence-electron chi connectivity index (χ3n) is 1.82. The van der Waals surface area contributed by atoms with Crippen molar-refractivity contribution in [3.8, 4) is 0 Å². The third kappa shape index (κ3) is 6.54. The molecular formula is C9H21N3O. The van der Waals surface area contributed by atoms with Crippen LogP contribution in [0.4, 0.5) is 0 Å². The van der Waals surface area contributed by atoms with Crippen LogP contribution in [0.5, 0.6) is 0 Å². The predicted molar refractivity (Wildman–Crippen MR) is 54.5 cm³/mol. The first-order valence-corrected chi connectivity index (χ1v) is 4.93. The topological polar surface area (TPSA) is 58.4 Å². The minimum Gasteiger partial charge on any atom is -0.354 e. The van der Waals surface area contributed by atoms with Crippen LogP contribution in [0.15, 0.2) is 0 Å². The fourth-order valence-corrected chi connectivity index (χ4v) is 1.14. The summed E-state index contributed by atoms with van der Waals surface area (Å²) in [5.74, 6) is 0.0701. The highest BCUT2D eigenvalue weighted by Gasteiger charge is 2.06. The number of likely N-dealkylation sites (N-methyl/N-ethyl adjacent to an activating group) is 1. The van der Waals surface area contributed by atoms with Crippen molar-refractivity contribution in [2.24, 2.45) is 5.73 Å². The molecule has 0 aliphatic rings. The van der Waals surface area contributed by atoms with Gasteiger partial charge in [-0.05, 0) is 19.5 Å². The minimum atomic E-state index is 0.0701. The lowest BCUT2D eigenvalue weighted by atomic mass is 10.4. The maximum Gasteiger partial charge on any atom is 0.234 e. The van der Waals surface area contributed by atoms with Crippen molar-refractivity contribution >= 4 is 5.91 Å². The Balaban J connectivity index is 3.60. The molecule has 13 heavy (non-hydrogen) atoms. The number of nitrogens with two attached hydrogens (primary N) is 1. The van der Waals surface area contributed by atoms with Crippen LogP contribution in [0.25, 0.3) is 0 Å². The van der Waals surface area contributed by atoms with E-state index in [-0.39, 0.29) is 5.91 Å². The van der Waals surface area contributed by atoms with Gasteiger partial charge in [0, 0.05) is 13.1 Å². The summed E-state index contributed by atoms with van der Waals surface area (Å²) in [6, 6.07) is 0. The Bertz CT molecular complexity index is 139. The van der Waals surface area contributed by atoms with Crippen LogP contribution in [0, 0.1) is 0 Å². The zero-order valence-corrected chi connectivity index (χ0v) is 8.68. The van der Waals surface area contributed by atoms with Gasteiger partial charge in [-0.1, -0.05) is 13.8 Å². The molecule has 0 saturated carbocycles. The Morgan fingerprint density at radius 3 is 2.62 bits per heavy atom. The van der Waals surface area contributed by atoms with E-state index in [0.717, 1.165) is 19.5 Å². The molecule has 0 heterocycles. The van der Waals surface area contributed by atoms with Gasteiger partial charge in [-0.25, -0.2) is 0 Å². The first-order chi connectivity index (χ1) is 6.24. The van der Waals surface area contributed by atoms with E-state index >= 15 is 0 Å². The number of hydrogen-bond donors (Lipinski definition) is 2. The van der Waals surface area contributed by atoms with Crippen molar-refractivity contribution in [1.29, 1.82) is 0 Å². The predicted octanol–water partition coefficient (Wildman–Crippen LogP) is -0.207. The molecule has 0 atom stereocenters. The molecule has 0 aliphatic carbocycles. The van der Waals surface area contributed by atoms with Crippen molar-refractivity contribution < 1.29 is 4.79 Å². The van der Waals surface area contributed by atoms with Gasteiger partial charge in [0.1, 0.15) is 0 Å². The molecule has 1 amide bonds. The molecule has 0 aromatic rings. The minimum absolute atomic E-state index is 0.0701. The first-order valence-electron chi connectivity index (χ1n) is 4.93. The summed E-state index contributed by atoms with van der Waals surface area (Å²) in [5, 5.41) is 2.75. The van der Waals surface area contributed by atoms with Gasteiger partial charge in [-0.3, -0.25) is 9.69 Å². The number of amides is 1. The standard InChI is InChI=1S/C9H21N3O/c1-3-7-12(4-2)8-9(13)11-6-5-10/h3-8,10H2,1-2H3,(H,11,13). The van der Waals surface area contributed by atoms with Crippen molar-refractivity contribution in [2.75, 3.05) is 32.7 Å². The van der Waals surface area contributed by atoms with Crippen molar-refractivity contribution in [2.45, 2.75) is 20.3 Å². The second kappa shape index (κ2) is 8.01. The highest BCUT2D eigenvalue weighted by molar-refractivity contribution is 5.77. The van der Waals surface area contributed by atoms with Crippen LogP contribution < -0.4 is 11.1 Å². The molecule has 0 aromatic carbocycles. The van der Waals surface area contributed by atoms with Gasteiger partial charge in [0.05, 0.1) is 6.54 Å². The zero-order valence-electron chi connectivity index (χ0n) is 8.68. The van der Waals surface area contributed by atoms with Crippen LogP contribution in [0.2, 0.25) is 0 Å². The molecule has 0 unspecified atom stereocenters. The fraction of sp³-hybridized carbons (Fsp3) is 0.889. The Labute approximate surface area is 80.5 Å². The highest BCUT2D eigenvalue weighted by atomic mass is 16.2. The van der Waals surface area contributed by atoms with Gasteiger partial charge in [0.2, 0.25) is 5.91 Å². The van der Waals surface area contributed by atoms with Gasteiger partial charge in [0.25, 0.3) is 0 Å². The maximum atomic E-state index is 11.2. The summed E-state index contributed by atoms with van der Waals surface area (Å²) < 4.78 is 0. The molecule has 0 bridgehead atoms. The molecule has 78 valence electrons. The summed E-state index contributed by atoms with van der Waals surface area (Å²) in [6.45, 7) is 7.64. The van der Waals surface area contributed by atoms with Crippen LogP contribution in [-0.2, 0) is 4.79 Å². The van der Waals surface area contributed by atoms with E-state index in [1.165, 1.54) is 0 Å². The zero-order chi connectivity index (χ0) is 10.1. The largest absolute Gasteiger partial charge is 0.354 e. The highest BCUT2D eigenvalue weighted by Crippen LogP contribution is 1.89. The fourth-order valence-electron chi connectivity index (χ4n) is 1.14. The van der Waals surface area contributed by atoms with Crippen LogP contribution in [0.3, 0.4) is 0 Å². The van der Waals surface area contributed by atoms with E-state index in [0.29, 0.717) is 19.6 Å². The van der Waals surface area contributed by atoms with Crippen LogP contribution in [-0.4, -0.2) is 43.5 Å². The number of carbonyl (C=O) groups excluding carboxylic acids is 1. The number of rotatable bonds is 7. The van der Waals surface area contributed by atoms with Gasteiger partial charge in [-0.2, -0.15) is 0 Å². The Morgan fingerprint density at radius 1 is 1.46 bits per heavy atom. The molecule has 0 radical (unpaired) electrons. The van der Waals surface area contributed by atoms with Gasteiger partial charge in [-0.15, -0.1) is 0 Å². The van der Waals surface area contributed by atoms with Crippen LogP contribution >= 0.6 is 0 Å². The number of hydrogen-bond acceptors (Lipinski definition) is 3. The molecule has 0 saturated heterocycles. The summed E-state index contributed by atoms with van der Waals surface area (Å²) >= 11 is 0. The Kier molecular flexibility index (Phi) is 7.63. The maximum absolute atomic E-state index is 11.2. The normalized spacial score (nSPS) is 10.5. The molecule has 0 rings (SSSR count). The molecule has 4 heteroatoms. The summed E-state index contributed by atoms with van der Waals surface area (Å²) in [5.41, 5.74) is 5.27. The SMILES string of the molecule is CCCN(CC)CC(=O)NCCN. The molecule has 4 nitrogen and oxygen atoms in total. The Morgan fingerprint density at radius 2 is 2.15 bits per heavy atom. The Hall–Kier alpha value is -0.610. The molecule has 3 N–H and O–H groups in total. The molecule has 0 aromatic heterocycles. The lowest BCUT2D eigenvalue weighted by Gasteiger charge is -2.18.